The Morgan fingerprint density at radius 1 is 1.50 bits per heavy atom. The molecule has 0 aromatic heterocycles. The number of nitrogens with two attached hydrogens (primary N) is 1. The summed E-state index contributed by atoms with van der Waals surface area (Å²) in [4.78, 5) is 14.2. The quantitative estimate of drug-likeness (QED) is 0.892. The molecular formula is C16H25ClFN3O. The van der Waals surface area contributed by atoms with Crippen molar-refractivity contribution in [2.45, 2.75) is 32.7 Å². The van der Waals surface area contributed by atoms with Crippen LogP contribution < -0.4 is 11.1 Å². The van der Waals surface area contributed by atoms with Gasteiger partial charge >= 0.3 is 0 Å². The molecule has 4 nitrogen and oxygen atoms in total. The van der Waals surface area contributed by atoms with Gasteiger partial charge in [-0.15, -0.1) is 12.4 Å². The van der Waals surface area contributed by atoms with Crippen LogP contribution in [0.25, 0.3) is 0 Å². The van der Waals surface area contributed by atoms with Crippen molar-refractivity contribution in [3.05, 3.63) is 30.1 Å². The van der Waals surface area contributed by atoms with E-state index in [0.717, 1.165) is 19.5 Å². The van der Waals surface area contributed by atoms with Gasteiger partial charge in [0.25, 0.3) is 0 Å². The summed E-state index contributed by atoms with van der Waals surface area (Å²) in [6.45, 7) is 6.86. The second-order valence-electron chi connectivity index (χ2n) is 6.47. The highest BCUT2D eigenvalue weighted by atomic mass is 35.5. The van der Waals surface area contributed by atoms with Gasteiger partial charge in [-0.05, 0) is 36.6 Å². The van der Waals surface area contributed by atoms with E-state index >= 15 is 0 Å². The van der Waals surface area contributed by atoms with Crippen LogP contribution >= 0.6 is 12.4 Å². The lowest BCUT2D eigenvalue weighted by atomic mass is 9.80. The van der Waals surface area contributed by atoms with Gasteiger partial charge in [-0.2, -0.15) is 0 Å². The third-order valence-electron chi connectivity index (χ3n) is 4.15. The van der Waals surface area contributed by atoms with Gasteiger partial charge in [0.2, 0.25) is 5.91 Å². The van der Waals surface area contributed by atoms with Crippen LogP contribution in [-0.2, 0) is 4.79 Å². The van der Waals surface area contributed by atoms with Crippen molar-refractivity contribution >= 4 is 24.0 Å². The fourth-order valence-electron chi connectivity index (χ4n) is 2.73. The van der Waals surface area contributed by atoms with Gasteiger partial charge in [0, 0.05) is 31.2 Å². The average molecular weight is 330 g/mol. The summed E-state index contributed by atoms with van der Waals surface area (Å²) in [5.74, 6) is -0.437. The molecule has 22 heavy (non-hydrogen) atoms. The number of benzene rings is 1. The first-order valence-corrected chi connectivity index (χ1v) is 7.40. The molecule has 0 spiro atoms. The second-order valence-corrected chi connectivity index (χ2v) is 6.47. The molecule has 124 valence electrons. The monoisotopic (exact) mass is 329 g/mol. The van der Waals surface area contributed by atoms with E-state index in [-0.39, 0.29) is 35.6 Å². The molecule has 0 bridgehead atoms. The SMILES string of the molecule is CC1(C)CN(CCC(=O)Nc2cccc(F)c2)CCC1N.Cl. The first kappa shape index (κ1) is 18.9. The Morgan fingerprint density at radius 3 is 2.86 bits per heavy atom. The molecule has 6 heteroatoms. The Balaban J connectivity index is 0.00000242. The summed E-state index contributed by atoms with van der Waals surface area (Å²) < 4.78 is 13.0. The van der Waals surface area contributed by atoms with E-state index < -0.39 is 0 Å². The van der Waals surface area contributed by atoms with Crippen molar-refractivity contribution in [2.75, 3.05) is 25.0 Å². The predicted molar refractivity (Wildman–Crippen MR) is 89.7 cm³/mol. The third kappa shape index (κ3) is 5.23. The fraction of sp³-hybridized carbons (Fsp3) is 0.562. The van der Waals surface area contributed by atoms with Crippen LogP contribution in [0.2, 0.25) is 0 Å². The number of anilines is 1. The number of hydrogen-bond acceptors (Lipinski definition) is 3. The topological polar surface area (TPSA) is 58.4 Å². The Kier molecular flexibility index (Phi) is 6.78. The molecule has 1 atom stereocenters. The molecule has 2 rings (SSSR count). The van der Waals surface area contributed by atoms with Crippen LogP contribution in [-0.4, -0.2) is 36.5 Å². The van der Waals surface area contributed by atoms with Crippen molar-refractivity contribution < 1.29 is 9.18 Å². The number of carbonyl (C=O) groups is 1. The standard InChI is InChI=1S/C16H24FN3O.ClH/c1-16(2)11-20(8-6-14(16)18)9-7-15(21)19-13-5-3-4-12(17)10-13;/h3-5,10,14H,6-9,11,18H2,1-2H3,(H,19,21);1H. The summed E-state index contributed by atoms with van der Waals surface area (Å²) in [7, 11) is 0. The Hall–Kier alpha value is -1.17. The van der Waals surface area contributed by atoms with Crippen LogP contribution in [0.4, 0.5) is 10.1 Å². The normalized spacial score (nSPS) is 21.0. The predicted octanol–water partition coefficient (Wildman–Crippen LogP) is 2.64. The van der Waals surface area contributed by atoms with Crippen LogP contribution in [0.1, 0.15) is 26.7 Å². The minimum atomic E-state index is -0.348. The number of nitrogens with zero attached hydrogens (tertiary/aromatic N) is 1. The second kappa shape index (κ2) is 7.90. The zero-order valence-corrected chi connectivity index (χ0v) is 14.0. The van der Waals surface area contributed by atoms with E-state index in [9.17, 15) is 9.18 Å². The van der Waals surface area contributed by atoms with E-state index in [1.165, 1.54) is 12.1 Å². The Bertz CT molecular complexity index is 510. The number of nitrogens with one attached hydrogen (secondary N) is 1. The first-order chi connectivity index (χ1) is 9.87. The van der Waals surface area contributed by atoms with E-state index in [4.69, 9.17) is 5.73 Å². The highest BCUT2D eigenvalue weighted by molar-refractivity contribution is 5.90. The van der Waals surface area contributed by atoms with Crippen molar-refractivity contribution in [3.63, 3.8) is 0 Å². The number of likely N-dealkylation sites (tertiary alicyclic amines) is 1. The lowest BCUT2D eigenvalue weighted by molar-refractivity contribution is -0.116. The maximum atomic E-state index is 13.0. The number of hydrogen-bond donors (Lipinski definition) is 2. The largest absolute Gasteiger partial charge is 0.327 e. The molecule has 0 saturated carbocycles. The van der Waals surface area contributed by atoms with Crippen molar-refractivity contribution in [2.24, 2.45) is 11.1 Å². The number of amides is 1. The molecule has 1 aromatic rings. The average Bonchev–Trinajstić information content (AvgIpc) is 2.40. The number of rotatable bonds is 4. The van der Waals surface area contributed by atoms with E-state index in [1.54, 1.807) is 12.1 Å². The van der Waals surface area contributed by atoms with E-state index in [0.29, 0.717) is 18.7 Å². The lowest BCUT2D eigenvalue weighted by Gasteiger charge is -2.42. The molecule has 1 saturated heterocycles. The van der Waals surface area contributed by atoms with Crippen LogP contribution in [0.3, 0.4) is 0 Å². The molecule has 1 aliphatic rings. The summed E-state index contributed by atoms with van der Waals surface area (Å²) in [6.07, 6.45) is 1.36. The summed E-state index contributed by atoms with van der Waals surface area (Å²) in [5.41, 5.74) is 6.69. The van der Waals surface area contributed by atoms with Gasteiger partial charge in [-0.3, -0.25) is 4.79 Å². The van der Waals surface area contributed by atoms with Crippen molar-refractivity contribution in [1.82, 2.24) is 4.90 Å². The minimum Gasteiger partial charge on any atom is -0.327 e. The summed E-state index contributed by atoms with van der Waals surface area (Å²) in [6, 6.07) is 6.16. The van der Waals surface area contributed by atoms with Gasteiger partial charge < -0.3 is 16.0 Å². The molecule has 0 radical (unpaired) electrons. The molecule has 1 aromatic carbocycles. The van der Waals surface area contributed by atoms with Crippen LogP contribution in [0.15, 0.2) is 24.3 Å². The van der Waals surface area contributed by atoms with E-state index in [1.807, 2.05) is 0 Å². The highest BCUT2D eigenvalue weighted by Crippen LogP contribution is 2.27. The minimum absolute atomic E-state index is 0. The third-order valence-corrected chi connectivity index (χ3v) is 4.15. The zero-order valence-electron chi connectivity index (χ0n) is 13.1. The van der Waals surface area contributed by atoms with Crippen molar-refractivity contribution in [1.29, 1.82) is 0 Å². The van der Waals surface area contributed by atoms with E-state index in [2.05, 4.69) is 24.1 Å². The van der Waals surface area contributed by atoms with Crippen molar-refractivity contribution in [3.8, 4) is 0 Å². The van der Waals surface area contributed by atoms with Gasteiger partial charge in [-0.25, -0.2) is 4.39 Å². The first-order valence-electron chi connectivity index (χ1n) is 7.40. The lowest BCUT2D eigenvalue weighted by Crippen LogP contribution is -2.52. The fourth-order valence-corrected chi connectivity index (χ4v) is 2.73. The number of carbonyl (C=O) groups excluding carboxylic acids is 1. The molecule has 0 aliphatic carbocycles. The van der Waals surface area contributed by atoms with Gasteiger partial charge in [-0.1, -0.05) is 19.9 Å². The Morgan fingerprint density at radius 2 is 2.23 bits per heavy atom. The molecule has 1 unspecified atom stereocenters. The highest BCUT2D eigenvalue weighted by Gasteiger charge is 2.33. The molecular weight excluding hydrogens is 305 g/mol. The Labute approximate surface area is 137 Å². The maximum Gasteiger partial charge on any atom is 0.225 e. The smallest absolute Gasteiger partial charge is 0.225 e. The molecule has 3 N–H and O–H groups in total. The molecule has 1 amide bonds. The van der Waals surface area contributed by atoms with Gasteiger partial charge in [0.15, 0.2) is 0 Å². The van der Waals surface area contributed by atoms with Gasteiger partial charge in [0.05, 0.1) is 0 Å². The van der Waals surface area contributed by atoms with Gasteiger partial charge in [0.1, 0.15) is 5.82 Å². The maximum absolute atomic E-state index is 13.0. The number of halogens is 2. The zero-order chi connectivity index (χ0) is 15.5. The summed E-state index contributed by atoms with van der Waals surface area (Å²) >= 11 is 0. The molecule has 1 heterocycles. The van der Waals surface area contributed by atoms with Crippen LogP contribution in [0, 0.1) is 11.2 Å². The van der Waals surface area contributed by atoms with Crippen LogP contribution in [0.5, 0.6) is 0 Å². The molecule has 1 fully saturated rings. The summed E-state index contributed by atoms with van der Waals surface area (Å²) in [5, 5.41) is 2.72. The molecule has 1 aliphatic heterocycles. The number of piperidine rings is 1.